The van der Waals surface area contributed by atoms with Crippen LogP contribution in [0.1, 0.15) is 15.9 Å². The standard InChI is InChI=1S/C20H14ClIN2O5S/c1-29-19(27)14-9-13(6-7-15(14)21)23-17(25)10-24-18(26)16(30-20(24)28)8-11-2-4-12(22)5-3-11/h2-9H,10H2,1H3,(H,23,25)/b16-8-. The number of nitrogens with one attached hydrogen (secondary N) is 1. The molecular formula is C20H14ClIN2O5S. The Morgan fingerprint density at radius 3 is 2.57 bits per heavy atom. The van der Waals surface area contributed by atoms with Crippen LogP contribution in [0.5, 0.6) is 0 Å². The number of methoxy groups -OCH3 is 1. The number of benzene rings is 2. The minimum Gasteiger partial charge on any atom is -0.465 e. The van der Waals surface area contributed by atoms with Crippen LogP contribution in [0.2, 0.25) is 5.02 Å². The molecule has 0 atom stereocenters. The third kappa shape index (κ3) is 5.21. The van der Waals surface area contributed by atoms with E-state index in [9.17, 15) is 19.2 Å². The Bertz CT molecular complexity index is 1070. The van der Waals surface area contributed by atoms with Crippen molar-refractivity contribution in [3.63, 3.8) is 0 Å². The van der Waals surface area contributed by atoms with Crippen molar-refractivity contribution in [2.24, 2.45) is 0 Å². The second-order valence-electron chi connectivity index (χ2n) is 6.05. The maximum Gasteiger partial charge on any atom is 0.339 e. The Hall–Kier alpha value is -2.37. The first-order valence-electron chi connectivity index (χ1n) is 8.47. The van der Waals surface area contributed by atoms with Gasteiger partial charge in [-0.1, -0.05) is 23.7 Å². The van der Waals surface area contributed by atoms with Gasteiger partial charge in [-0.25, -0.2) is 4.79 Å². The quantitative estimate of drug-likeness (QED) is 0.333. The minimum atomic E-state index is -0.650. The van der Waals surface area contributed by atoms with Gasteiger partial charge in [-0.05, 0) is 76.3 Å². The topological polar surface area (TPSA) is 92.8 Å². The highest BCUT2D eigenvalue weighted by Crippen LogP contribution is 2.32. The average Bonchev–Trinajstić information content (AvgIpc) is 2.98. The molecule has 0 spiro atoms. The first kappa shape index (κ1) is 22.3. The molecule has 3 amide bonds. The lowest BCUT2D eigenvalue weighted by atomic mass is 10.2. The van der Waals surface area contributed by atoms with Crippen molar-refractivity contribution < 1.29 is 23.9 Å². The summed E-state index contributed by atoms with van der Waals surface area (Å²) >= 11 is 8.90. The number of amides is 3. The number of thioether (sulfide) groups is 1. The zero-order valence-corrected chi connectivity index (χ0v) is 19.2. The van der Waals surface area contributed by atoms with Crippen LogP contribution in [0.25, 0.3) is 6.08 Å². The molecule has 1 heterocycles. The van der Waals surface area contributed by atoms with Gasteiger partial charge in [0, 0.05) is 9.26 Å². The lowest BCUT2D eigenvalue weighted by molar-refractivity contribution is -0.127. The molecule has 154 valence electrons. The number of anilines is 1. The number of nitrogens with zero attached hydrogens (tertiary/aromatic N) is 1. The normalized spacial score (nSPS) is 14.9. The molecule has 7 nitrogen and oxygen atoms in total. The number of hydrogen-bond acceptors (Lipinski definition) is 6. The summed E-state index contributed by atoms with van der Waals surface area (Å²) in [4.78, 5) is 50.0. The zero-order chi connectivity index (χ0) is 21.8. The summed E-state index contributed by atoms with van der Waals surface area (Å²) < 4.78 is 5.69. The van der Waals surface area contributed by atoms with Crippen LogP contribution >= 0.6 is 46.0 Å². The third-order valence-corrected chi connectivity index (χ3v) is 5.95. The summed E-state index contributed by atoms with van der Waals surface area (Å²) in [5, 5.41) is 2.19. The van der Waals surface area contributed by atoms with Crippen molar-refractivity contribution in [3.8, 4) is 0 Å². The number of esters is 1. The SMILES string of the molecule is COC(=O)c1cc(NC(=O)CN2C(=O)S/C(=C\c3ccc(I)cc3)C2=O)ccc1Cl. The van der Waals surface area contributed by atoms with E-state index in [2.05, 4.69) is 32.6 Å². The van der Waals surface area contributed by atoms with Crippen LogP contribution in [0, 0.1) is 3.57 Å². The molecule has 0 aromatic heterocycles. The number of halogens is 2. The van der Waals surface area contributed by atoms with E-state index >= 15 is 0 Å². The highest BCUT2D eigenvalue weighted by atomic mass is 127. The molecule has 2 aromatic rings. The molecule has 0 bridgehead atoms. The van der Waals surface area contributed by atoms with Crippen LogP contribution in [0.3, 0.4) is 0 Å². The molecule has 1 fully saturated rings. The lowest BCUT2D eigenvalue weighted by Crippen LogP contribution is -2.36. The number of hydrogen-bond donors (Lipinski definition) is 1. The minimum absolute atomic E-state index is 0.0867. The van der Waals surface area contributed by atoms with E-state index in [0.29, 0.717) is 0 Å². The first-order chi connectivity index (χ1) is 14.3. The van der Waals surface area contributed by atoms with Crippen LogP contribution in [0.15, 0.2) is 47.4 Å². The van der Waals surface area contributed by atoms with Crippen molar-refractivity contribution in [2.75, 3.05) is 19.0 Å². The van der Waals surface area contributed by atoms with E-state index in [0.717, 1.165) is 25.8 Å². The predicted octanol–water partition coefficient (Wildman–Crippen LogP) is 4.41. The monoisotopic (exact) mass is 556 g/mol. The van der Waals surface area contributed by atoms with Crippen molar-refractivity contribution >= 4 is 80.7 Å². The summed E-state index contributed by atoms with van der Waals surface area (Å²) in [7, 11) is 1.22. The fourth-order valence-electron chi connectivity index (χ4n) is 2.56. The van der Waals surface area contributed by atoms with Crippen LogP contribution < -0.4 is 5.32 Å². The summed E-state index contributed by atoms with van der Waals surface area (Å²) in [5.41, 5.74) is 1.15. The maximum atomic E-state index is 12.6. The molecule has 0 saturated carbocycles. The Labute approximate surface area is 194 Å². The summed E-state index contributed by atoms with van der Waals surface area (Å²) in [6.07, 6.45) is 1.61. The van der Waals surface area contributed by atoms with Gasteiger partial charge in [-0.15, -0.1) is 0 Å². The van der Waals surface area contributed by atoms with Gasteiger partial charge in [-0.2, -0.15) is 0 Å². The van der Waals surface area contributed by atoms with Crippen molar-refractivity contribution in [2.45, 2.75) is 0 Å². The van der Waals surface area contributed by atoms with Gasteiger partial charge < -0.3 is 10.1 Å². The van der Waals surface area contributed by atoms with Crippen molar-refractivity contribution in [1.82, 2.24) is 4.90 Å². The number of carbonyl (C=O) groups is 4. The fraction of sp³-hybridized carbons (Fsp3) is 0.100. The average molecular weight is 557 g/mol. The van der Waals surface area contributed by atoms with Gasteiger partial charge in [0.1, 0.15) is 6.54 Å². The van der Waals surface area contributed by atoms with Gasteiger partial charge in [0.2, 0.25) is 5.91 Å². The van der Waals surface area contributed by atoms with Crippen LogP contribution in [-0.2, 0) is 14.3 Å². The number of imide groups is 1. The van der Waals surface area contributed by atoms with Crippen molar-refractivity contribution in [3.05, 3.63) is 67.1 Å². The third-order valence-electron chi connectivity index (χ3n) is 4.00. The molecule has 1 N–H and O–H groups in total. The number of ether oxygens (including phenoxy) is 1. The molecule has 2 aromatic carbocycles. The molecule has 10 heteroatoms. The van der Waals surface area contributed by atoms with E-state index in [1.54, 1.807) is 6.08 Å². The molecule has 1 saturated heterocycles. The highest BCUT2D eigenvalue weighted by Gasteiger charge is 2.36. The van der Waals surface area contributed by atoms with E-state index in [1.807, 2.05) is 24.3 Å². The zero-order valence-electron chi connectivity index (χ0n) is 15.5. The smallest absolute Gasteiger partial charge is 0.339 e. The van der Waals surface area contributed by atoms with Gasteiger partial charge in [0.15, 0.2) is 0 Å². The lowest BCUT2D eigenvalue weighted by Gasteiger charge is -2.13. The van der Waals surface area contributed by atoms with E-state index in [-0.39, 0.29) is 21.2 Å². The maximum absolute atomic E-state index is 12.6. The number of rotatable bonds is 5. The van der Waals surface area contributed by atoms with Crippen molar-refractivity contribution in [1.29, 1.82) is 0 Å². The van der Waals surface area contributed by atoms with Crippen LogP contribution in [0.4, 0.5) is 10.5 Å². The molecule has 1 aliphatic heterocycles. The molecule has 30 heavy (non-hydrogen) atoms. The largest absolute Gasteiger partial charge is 0.465 e. The van der Waals surface area contributed by atoms with Crippen LogP contribution in [-0.4, -0.2) is 41.6 Å². The molecule has 0 unspecified atom stereocenters. The Morgan fingerprint density at radius 1 is 1.20 bits per heavy atom. The molecule has 0 aliphatic carbocycles. The molecule has 0 radical (unpaired) electrons. The van der Waals surface area contributed by atoms with Gasteiger partial charge >= 0.3 is 5.97 Å². The van der Waals surface area contributed by atoms with Gasteiger partial charge in [0.05, 0.1) is 22.6 Å². The first-order valence-corrected chi connectivity index (χ1v) is 10.7. The van der Waals surface area contributed by atoms with E-state index in [1.165, 1.54) is 25.3 Å². The van der Waals surface area contributed by atoms with Gasteiger partial charge in [0.25, 0.3) is 11.1 Å². The predicted molar refractivity (Wildman–Crippen MR) is 123 cm³/mol. The Kier molecular flexibility index (Phi) is 7.16. The molecular weight excluding hydrogens is 543 g/mol. The van der Waals surface area contributed by atoms with E-state index < -0.39 is 29.6 Å². The summed E-state index contributed by atoms with van der Waals surface area (Å²) in [6, 6.07) is 11.7. The fourth-order valence-corrected chi connectivity index (χ4v) is 3.95. The number of carbonyl (C=O) groups excluding carboxylic acids is 4. The Balaban J connectivity index is 1.69. The molecule has 1 aliphatic rings. The highest BCUT2D eigenvalue weighted by molar-refractivity contribution is 14.1. The second kappa shape index (κ2) is 9.63. The summed E-state index contributed by atoms with van der Waals surface area (Å²) in [6.45, 7) is -0.453. The molecule has 3 rings (SSSR count). The Morgan fingerprint density at radius 2 is 1.90 bits per heavy atom. The second-order valence-corrected chi connectivity index (χ2v) is 8.70. The van der Waals surface area contributed by atoms with E-state index in [4.69, 9.17) is 11.6 Å². The summed E-state index contributed by atoms with van der Waals surface area (Å²) in [5.74, 6) is -1.78. The van der Waals surface area contributed by atoms with Gasteiger partial charge in [-0.3, -0.25) is 19.3 Å².